The van der Waals surface area contributed by atoms with Gasteiger partial charge in [0.1, 0.15) is 0 Å². The Balaban J connectivity index is 2.85. The second-order valence-electron chi connectivity index (χ2n) is 4.43. The highest BCUT2D eigenvalue weighted by molar-refractivity contribution is 9.11. The molecule has 0 bridgehead atoms. The zero-order valence-electron chi connectivity index (χ0n) is 10.3. The summed E-state index contributed by atoms with van der Waals surface area (Å²) >= 11 is 5.06. The van der Waals surface area contributed by atoms with Crippen LogP contribution in [0.15, 0.2) is 15.9 Å². The predicted molar refractivity (Wildman–Crippen MR) is 75.6 cm³/mol. The summed E-state index contributed by atoms with van der Waals surface area (Å²) in [4.78, 5) is 12.7. The Morgan fingerprint density at radius 3 is 2.59 bits per heavy atom. The van der Waals surface area contributed by atoms with Gasteiger partial charge in [-0.3, -0.25) is 4.79 Å². The Labute approximate surface area is 115 Å². The van der Waals surface area contributed by atoms with E-state index in [-0.39, 0.29) is 0 Å². The molecule has 0 aliphatic carbocycles. The van der Waals surface area contributed by atoms with Crippen molar-refractivity contribution in [2.75, 3.05) is 0 Å². The van der Waals surface area contributed by atoms with Crippen molar-refractivity contribution in [3.8, 4) is 0 Å². The lowest BCUT2D eigenvalue weighted by Gasteiger charge is -2.27. The van der Waals surface area contributed by atoms with Gasteiger partial charge in [-0.05, 0) is 47.3 Å². The maximum absolute atomic E-state index is 11.6. The van der Waals surface area contributed by atoms with E-state index in [1.54, 1.807) is 11.3 Å². The Morgan fingerprint density at radius 2 is 2.18 bits per heavy atom. The molecule has 4 heteroatoms. The van der Waals surface area contributed by atoms with E-state index in [2.05, 4.69) is 22.9 Å². The van der Waals surface area contributed by atoms with E-state index in [1.807, 2.05) is 19.1 Å². The minimum Gasteiger partial charge on any atom is -0.481 e. The van der Waals surface area contributed by atoms with Crippen LogP contribution in [0.5, 0.6) is 0 Å². The monoisotopic (exact) mass is 318 g/mol. The summed E-state index contributed by atoms with van der Waals surface area (Å²) in [6.07, 6.45) is 4.13. The van der Waals surface area contributed by atoms with Crippen molar-refractivity contribution < 1.29 is 9.90 Å². The second-order valence-corrected chi connectivity index (χ2v) is 6.97. The molecule has 1 heterocycles. The van der Waals surface area contributed by atoms with Gasteiger partial charge in [0, 0.05) is 4.88 Å². The third-order valence-corrected chi connectivity index (χ3v) is 4.90. The standard InChI is InChI=1S/C13H19BrO2S/c1-3-5-8-13(4-2,12(15)16)9-10-6-7-11(14)17-10/h6-7H,3-5,8-9H2,1-2H3,(H,15,16). The highest BCUT2D eigenvalue weighted by Crippen LogP contribution is 2.36. The average Bonchev–Trinajstić information content (AvgIpc) is 2.69. The van der Waals surface area contributed by atoms with Crippen molar-refractivity contribution in [3.05, 3.63) is 20.8 Å². The maximum Gasteiger partial charge on any atom is 0.309 e. The summed E-state index contributed by atoms with van der Waals surface area (Å²) in [5.74, 6) is -0.655. The van der Waals surface area contributed by atoms with Crippen molar-refractivity contribution in [2.24, 2.45) is 5.41 Å². The highest BCUT2D eigenvalue weighted by Gasteiger charge is 2.36. The number of halogens is 1. The zero-order chi connectivity index (χ0) is 12.9. The van der Waals surface area contributed by atoms with Gasteiger partial charge < -0.3 is 5.11 Å². The van der Waals surface area contributed by atoms with Gasteiger partial charge in [0.15, 0.2) is 0 Å². The minimum absolute atomic E-state index is 0.583. The number of hydrogen-bond acceptors (Lipinski definition) is 2. The molecule has 0 aromatic carbocycles. The first-order chi connectivity index (χ1) is 8.04. The van der Waals surface area contributed by atoms with E-state index in [4.69, 9.17) is 0 Å². The Bertz CT molecular complexity index is 375. The van der Waals surface area contributed by atoms with Gasteiger partial charge in [0.25, 0.3) is 0 Å². The highest BCUT2D eigenvalue weighted by atomic mass is 79.9. The molecule has 0 amide bonds. The SMILES string of the molecule is CCCCC(CC)(Cc1ccc(Br)s1)C(=O)O. The van der Waals surface area contributed by atoms with Crippen molar-refractivity contribution in [2.45, 2.75) is 46.0 Å². The summed E-state index contributed by atoms with van der Waals surface area (Å²) in [5.41, 5.74) is -0.583. The molecule has 1 atom stereocenters. The number of carbonyl (C=O) groups is 1. The van der Waals surface area contributed by atoms with E-state index in [1.165, 1.54) is 0 Å². The molecule has 1 rings (SSSR count). The molecule has 0 saturated carbocycles. The Kier molecular flexibility index (Phi) is 5.67. The van der Waals surface area contributed by atoms with Crippen molar-refractivity contribution in [3.63, 3.8) is 0 Å². The quantitative estimate of drug-likeness (QED) is 0.789. The Morgan fingerprint density at radius 1 is 1.47 bits per heavy atom. The fourth-order valence-corrected chi connectivity index (χ4v) is 3.65. The fourth-order valence-electron chi connectivity index (χ4n) is 2.02. The molecule has 0 spiro atoms. The summed E-state index contributed by atoms with van der Waals surface area (Å²) in [6.45, 7) is 4.08. The first-order valence-electron chi connectivity index (χ1n) is 6.01. The molecule has 0 saturated heterocycles. The molecule has 0 radical (unpaired) electrons. The third-order valence-electron chi connectivity index (χ3n) is 3.28. The lowest BCUT2D eigenvalue weighted by molar-refractivity contribution is -0.149. The number of aliphatic carboxylic acids is 1. The van der Waals surface area contributed by atoms with E-state index < -0.39 is 11.4 Å². The number of hydrogen-bond donors (Lipinski definition) is 1. The maximum atomic E-state index is 11.6. The molecular weight excluding hydrogens is 300 g/mol. The Hall–Kier alpha value is -0.350. The minimum atomic E-state index is -0.655. The number of carboxylic acids is 1. The predicted octanol–water partition coefficient (Wildman–Crippen LogP) is 4.72. The van der Waals surface area contributed by atoms with E-state index in [0.717, 1.165) is 27.9 Å². The lowest BCUT2D eigenvalue weighted by Crippen LogP contribution is -2.32. The number of rotatable bonds is 7. The molecule has 1 aromatic rings. The van der Waals surface area contributed by atoms with Crippen LogP contribution in [0.2, 0.25) is 0 Å². The van der Waals surface area contributed by atoms with Crippen LogP contribution in [0, 0.1) is 5.41 Å². The topological polar surface area (TPSA) is 37.3 Å². The van der Waals surface area contributed by atoms with Gasteiger partial charge in [-0.25, -0.2) is 0 Å². The van der Waals surface area contributed by atoms with E-state index >= 15 is 0 Å². The summed E-state index contributed by atoms with van der Waals surface area (Å²) in [6, 6.07) is 4.01. The first-order valence-corrected chi connectivity index (χ1v) is 7.62. The average molecular weight is 319 g/mol. The van der Waals surface area contributed by atoms with Crippen LogP contribution < -0.4 is 0 Å². The van der Waals surface area contributed by atoms with Crippen molar-refractivity contribution in [1.29, 1.82) is 0 Å². The number of carboxylic acid groups (broad SMARTS) is 1. The van der Waals surface area contributed by atoms with Gasteiger partial charge in [0.05, 0.1) is 9.20 Å². The first kappa shape index (κ1) is 14.7. The van der Waals surface area contributed by atoms with Gasteiger partial charge >= 0.3 is 5.97 Å². The van der Waals surface area contributed by atoms with Crippen molar-refractivity contribution in [1.82, 2.24) is 0 Å². The largest absolute Gasteiger partial charge is 0.481 e. The molecule has 96 valence electrons. The summed E-state index contributed by atoms with van der Waals surface area (Å²) in [5, 5.41) is 9.51. The molecule has 2 nitrogen and oxygen atoms in total. The van der Waals surface area contributed by atoms with Crippen LogP contribution in [0.4, 0.5) is 0 Å². The summed E-state index contributed by atoms with van der Waals surface area (Å²) in [7, 11) is 0. The molecule has 0 aliphatic rings. The van der Waals surface area contributed by atoms with Gasteiger partial charge in [-0.1, -0.05) is 26.7 Å². The molecule has 17 heavy (non-hydrogen) atoms. The van der Waals surface area contributed by atoms with Crippen LogP contribution in [0.3, 0.4) is 0 Å². The smallest absolute Gasteiger partial charge is 0.309 e. The van der Waals surface area contributed by atoms with Gasteiger partial charge in [-0.15, -0.1) is 11.3 Å². The van der Waals surface area contributed by atoms with Gasteiger partial charge in [-0.2, -0.15) is 0 Å². The van der Waals surface area contributed by atoms with Gasteiger partial charge in [0.2, 0.25) is 0 Å². The molecule has 1 unspecified atom stereocenters. The summed E-state index contributed by atoms with van der Waals surface area (Å²) < 4.78 is 1.07. The van der Waals surface area contributed by atoms with Crippen LogP contribution in [0.1, 0.15) is 44.4 Å². The fraction of sp³-hybridized carbons (Fsp3) is 0.615. The molecule has 0 fully saturated rings. The van der Waals surface area contributed by atoms with Crippen molar-refractivity contribution >= 4 is 33.2 Å². The van der Waals surface area contributed by atoms with Crippen LogP contribution in [0.25, 0.3) is 0 Å². The van der Waals surface area contributed by atoms with E-state index in [0.29, 0.717) is 12.8 Å². The number of thiophene rings is 1. The number of unbranched alkanes of at least 4 members (excludes halogenated alkanes) is 1. The molecule has 1 N–H and O–H groups in total. The van der Waals surface area contributed by atoms with Crippen LogP contribution in [-0.4, -0.2) is 11.1 Å². The van der Waals surface area contributed by atoms with E-state index in [9.17, 15) is 9.90 Å². The third kappa shape index (κ3) is 3.81. The zero-order valence-corrected chi connectivity index (χ0v) is 12.7. The molecular formula is C13H19BrO2S. The lowest BCUT2D eigenvalue weighted by atomic mass is 9.77. The molecule has 1 aromatic heterocycles. The molecule has 0 aliphatic heterocycles. The second kappa shape index (κ2) is 6.55. The van der Waals surface area contributed by atoms with Crippen LogP contribution >= 0.6 is 27.3 Å². The normalized spacial score (nSPS) is 14.5. The van der Waals surface area contributed by atoms with Crippen LogP contribution in [-0.2, 0) is 11.2 Å².